The lowest BCUT2D eigenvalue weighted by Crippen LogP contribution is -2.37. The summed E-state index contributed by atoms with van der Waals surface area (Å²) in [7, 11) is 0. The highest BCUT2D eigenvalue weighted by molar-refractivity contribution is 5.82. The van der Waals surface area contributed by atoms with Gasteiger partial charge in [0.2, 0.25) is 5.91 Å². The molecule has 2 aromatic rings. The first kappa shape index (κ1) is 16.2. The van der Waals surface area contributed by atoms with Gasteiger partial charge in [0.25, 0.3) is 12.0 Å². The molecule has 4 rings (SSSR count). The Hall–Kier alpha value is -2.31. The van der Waals surface area contributed by atoms with Gasteiger partial charge in [-0.05, 0) is 37.8 Å². The Morgan fingerprint density at radius 1 is 1.24 bits per heavy atom. The third-order valence-corrected chi connectivity index (χ3v) is 4.97. The summed E-state index contributed by atoms with van der Waals surface area (Å²) in [6.07, 6.45) is 0.550. The van der Waals surface area contributed by atoms with Gasteiger partial charge in [0.1, 0.15) is 5.82 Å². The van der Waals surface area contributed by atoms with E-state index in [0.29, 0.717) is 23.9 Å². The van der Waals surface area contributed by atoms with Crippen LogP contribution in [0.15, 0.2) is 29.1 Å². The maximum Gasteiger partial charge on any atom is 0.261 e. The SMILES string of the molecule is O=C(C1CC1)N1CCCC1c1nc2ccccc2c(=O)n1CC(F)F. The molecule has 0 N–H and O–H groups in total. The molecule has 2 aliphatic rings. The molecule has 1 amide bonds. The fraction of sp³-hybridized carbons (Fsp3) is 0.500. The van der Waals surface area contributed by atoms with Crippen LogP contribution in [0.4, 0.5) is 8.78 Å². The summed E-state index contributed by atoms with van der Waals surface area (Å²) in [5, 5.41) is 0.324. The predicted molar refractivity (Wildman–Crippen MR) is 88.4 cm³/mol. The van der Waals surface area contributed by atoms with Crippen molar-refractivity contribution >= 4 is 16.8 Å². The first-order valence-corrected chi connectivity index (χ1v) is 8.64. The Kier molecular flexibility index (Phi) is 4.01. The average molecular weight is 347 g/mol. The molecule has 1 aliphatic heterocycles. The van der Waals surface area contributed by atoms with Gasteiger partial charge >= 0.3 is 0 Å². The minimum Gasteiger partial charge on any atom is -0.332 e. The van der Waals surface area contributed by atoms with Crippen LogP contribution in [0.25, 0.3) is 10.9 Å². The summed E-state index contributed by atoms with van der Waals surface area (Å²) < 4.78 is 27.3. The Bertz CT molecular complexity index is 876. The number of para-hydroxylation sites is 1. The smallest absolute Gasteiger partial charge is 0.261 e. The average Bonchev–Trinajstić information content (AvgIpc) is 3.33. The van der Waals surface area contributed by atoms with Crippen molar-refractivity contribution in [3.8, 4) is 0 Å². The van der Waals surface area contributed by atoms with E-state index in [4.69, 9.17) is 0 Å². The zero-order chi connectivity index (χ0) is 17.6. The van der Waals surface area contributed by atoms with Crippen molar-refractivity contribution in [2.75, 3.05) is 6.54 Å². The summed E-state index contributed by atoms with van der Waals surface area (Å²) in [6.45, 7) is -0.106. The van der Waals surface area contributed by atoms with Crippen molar-refractivity contribution < 1.29 is 13.6 Å². The van der Waals surface area contributed by atoms with E-state index in [-0.39, 0.29) is 17.6 Å². The van der Waals surface area contributed by atoms with E-state index in [9.17, 15) is 18.4 Å². The van der Waals surface area contributed by atoms with Gasteiger partial charge in [0.05, 0.1) is 23.5 Å². The Labute approximate surface area is 143 Å². The number of fused-ring (bicyclic) bond motifs is 1. The highest BCUT2D eigenvalue weighted by Crippen LogP contribution is 2.38. The van der Waals surface area contributed by atoms with Crippen LogP contribution in [0.2, 0.25) is 0 Å². The lowest BCUT2D eigenvalue weighted by Gasteiger charge is -2.26. The number of amides is 1. The molecule has 5 nitrogen and oxygen atoms in total. The van der Waals surface area contributed by atoms with Gasteiger partial charge in [-0.1, -0.05) is 12.1 Å². The fourth-order valence-corrected chi connectivity index (χ4v) is 3.62. The topological polar surface area (TPSA) is 55.2 Å². The number of likely N-dealkylation sites (tertiary alicyclic amines) is 1. The highest BCUT2D eigenvalue weighted by Gasteiger charge is 2.40. The molecule has 1 unspecified atom stereocenters. The zero-order valence-corrected chi connectivity index (χ0v) is 13.7. The van der Waals surface area contributed by atoms with Gasteiger partial charge in [-0.2, -0.15) is 0 Å². The number of rotatable bonds is 4. The summed E-state index contributed by atoms with van der Waals surface area (Å²) in [5.41, 5.74) is 0.0189. The molecule has 1 atom stereocenters. The van der Waals surface area contributed by atoms with Crippen molar-refractivity contribution in [3.05, 3.63) is 40.4 Å². The molecule has 1 aromatic heterocycles. The maximum absolute atomic E-state index is 13.1. The molecule has 7 heteroatoms. The third kappa shape index (κ3) is 2.92. The first-order valence-electron chi connectivity index (χ1n) is 8.64. The Balaban J connectivity index is 1.84. The van der Waals surface area contributed by atoms with Crippen LogP contribution in [0.3, 0.4) is 0 Å². The van der Waals surface area contributed by atoms with E-state index in [2.05, 4.69) is 4.98 Å². The molecule has 0 radical (unpaired) electrons. The summed E-state index contributed by atoms with van der Waals surface area (Å²) >= 11 is 0. The highest BCUT2D eigenvalue weighted by atomic mass is 19.3. The van der Waals surface area contributed by atoms with Crippen molar-refractivity contribution in [1.82, 2.24) is 14.5 Å². The molecule has 0 spiro atoms. The van der Waals surface area contributed by atoms with Crippen LogP contribution in [0.1, 0.15) is 37.5 Å². The van der Waals surface area contributed by atoms with Crippen LogP contribution in [0, 0.1) is 5.92 Å². The van der Waals surface area contributed by atoms with Crippen LogP contribution >= 0.6 is 0 Å². The monoisotopic (exact) mass is 347 g/mol. The number of alkyl halides is 2. The Morgan fingerprint density at radius 2 is 2.00 bits per heavy atom. The largest absolute Gasteiger partial charge is 0.332 e. The minimum atomic E-state index is -2.66. The van der Waals surface area contributed by atoms with Gasteiger partial charge in [-0.15, -0.1) is 0 Å². The maximum atomic E-state index is 13.1. The molecular weight excluding hydrogens is 328 g/mol. The molecule has 25 heavy (non-hydrogen) atoms. The second-order valence-corrected chi connectivity index (χ2v) is 6.76. The van der Waals surface area contributed by atoms with E-state index < -0.39 is 24.6 Å². The van der Waals surface area contributed by atoms with E-state index in [1.165, 1.54) is 0 Å². The number of hydrogen-bond acceptors (Lipinski definition) is 3. The first-order chi connectivity index (χ1) is 12.1. The minimum absolute atomic E-state index is 0.0522. The van der Waals surface area contributed by atoms with Crippen molar-refractivity contribution in [2.45, 2.75) is 44.7 Å². The lowest BCUT2D eigenvalue weighted by molar-refractivity contribution is -0.133. The number of aromatic nitrogens is 2. The summed E-state index contributed by atoms with van der Waals surface area (Å²) in [4.78, 5) is 31.5. The molecule has 1 saturated carbocycles. The number of carbonyl (C=O) groups is 1. The quantitative estimate of drug-likeness (QED) is 0.855. The van der Waals surface area contributed by atoms with E-state index in [1.54, 1.807) is 29.2 Å². The number of carbonyl (C=O) groups excluding carboxylic acids is 1. The number of halogens is 2. The molecular formula is C18H19F2N3O2. The third-order valence-electron chi connectivity index (χ3n) is 4.97. The van der Waals surface area contributed by atoms with Crippen LogP contribution in [-0.2, 0) is 11.3 Å². The second-order valence-electron chi connectivity index (χ2n) is 6.76. The summed E-state index contributed by atoms with van der Waals surface area (Å²) in [5.74, 6) is 0.403. The summed E-state index contributed by atoms with van der Waals surface area (Å²) in [6, 6.07) is 6.35. The van der Waals surface area contributed by atoms with E-state index >= 15 is 0 Å². The molecule has 1 aliphatic carbocycles. The van der Waals surface area contributed by atoms with Gasteiger partial charge < -0.3 is 4.90 Å². The van der Waals surface area contributed by atoms with E-state index in [1.807, 2.05) is 0 Å². The van der Waals surface area contributed by atoms with Crippen molar-refractivity contribution in [2.24, 2.45) is 5.92 Å². The van der Waals surface area contributed by atoms with Gasteiger partial charge in [0, 0.05) is 12.5 Å². The van der Waals surface area contributed by atoms with Crippen LogP contribution in [0.5, 0.6) is 0 Å². The molecule has 1 aromatic carbocycles. The number of hydrogen-bond donors (Lipinski definition) is 0. The molecule has 2 heterocycles. The zero-order valence-electron chi connectivity index (χ0n) is 13.7. The van der Waals surface area contributed by atoms with Gasteiger partial charge in [-0.25, -0.2) is 13.8 Å². The van der Waals surface area contributed by atoms with Crippen LogP contribution in [-0.4, -0.2) is 33.3 Å². The lowest BCUT2D eigenvalue weighted by atomic mass is 10.1. The van der Waals surface area contributed by atoms with Crippen LogP contribution < -0.4 is 5.56 Å². The Morgan fingerprint density at radius 3 is 2.72 bits per heavy atom. The molecule has 132 valence electrons. The molecule has 2 fully saturated rings. The number of benzene rings is 1. The fourth-order valence-electron chi connectivity index (χ4n) is 3.62. The van der Waals surface area contributed by atoms with Crippen molar-refractivity contribution in [1.29, 1.82) is 0 Å². The second kappa shape index (κ2) is 6.20. The molecule has 0 bridgehead atoms. The standard InChI is InChI=1S/C18H19F2N3O2/c19-15(20)10-23-16(21-13-5-2-1-4-12(13)18(23)25)14-6-3-9-22(14)17(24)11-7-8-11/h1-2,4-5,11,14-15H,3,6-10H2. The molecule has 1 saturated heterocycles. The van der Waals surface area contributed by atoms with Crippen molar-refractivity contribution in [3.63, 3.8) is 0 Å². The van der Waals surface area contributed by atoms with Gasteiger partial charge in [0.15, 0.2) is 0 Å². The number of nitrogens with zero attached hydrogens (tertiary/aromatic N) is 3. The normalized spacial score (nSPS) is 20.6. The van der Waals surface area contributed by atoms with Gasteiger partial charge in [-0.3, -0.25) is 14.2 Å². The van der Waals surface area contributed by atoms with E-state index in [0.717, 1.165) is 23.8 Å². The predicted octanol–water partition coefficient (Wildman–Crippen LogP) is 2.74.